The normalized spacial score (nSPS) is 10.1. The number of hydrogen-bond acceptors (Lipinski definition) is 6. The van der Waals surface area contributed by atoms with E-state index in [1.54, 1.807) is 0 Å². The Hall–Kier alpha value is -1.34. The van der Waals surface area contributed by atoms with E-state index in [1.807, 2.05) is 0 Å². The molecule has 6 nitrogen and oxygen atoms in total. The number of methoxy groups -OCH3 is 1. The highest BCUT2D eigenvalue weighted by Gasteiger charge is 2.07. The van der Waals surface area contributed by atoms with E-state index in [4.69, 9.17) is 5.11 Å². The van der Waals surface area contributed by atoms with E-state index in [0.717, 1.165) is 0 Å². The van der Waals surface area contributed by atoms with Crippen LogP contribution in [0.2, 0.25) is 0 Å². The third-order valence-electron chi connectivity index (χ3n) is 1.66. The van der Waals surface area contributed by atoms with E-state index < -0.39 is 5.97 Å². The van der Waals surface area contributed by atoms with Gasteiger partial charge in [-0.3, -0.25) is 9.59 Å². The van der Waals surface area contributed by atoms with Gasteiger partial charge in [-0.15, -0.1) is 0 Å². The van der Waals surface area contributed by atoms with Crippen LogP contribution in [0.15, 0.2) is 16.0 Å². The minimum absolute atomic E-state index is 0.00436. The molecule has 0 saturated heterocycles. The van der Waals surface area contributed by atoms with E-state index in [-0.39, 0.29) is 18.6 Å². The van der Waals surface area contributed by atoms with Crippen molar-refractivity contribution in [1.82, 2.24) is 9.97 Å². The predicted molar refractivity (Wildman–Crippen MR) is 58.4 cm³/mol. The molecule has 0 amide bonds. The summed E-state index contributed by atoms with van der Waals surface area (Å²) < 4.78 is 4.48. The molecule has 0 aromatic carbocycles. The molecule has 0 unspecified atom stereocenters. The molecule has 0 bridgehead atoms. The zero-order valence-electron chi connectivity index (χ0n) is 8.73. The molecule has 88 valence electrons. The van der Waals surface area contributed by atoms with E-state index >= 15 is 0 Å². The summed E-state index contributed by atoms with van der Waals surface area (Å²) in [5.41, 5.74) is 0.0328. The van der Waals surface area contributed by atoms with E-state index in [1.165, 1.54) is 24.9 Å². The van der Waals surface area contributed by atoms with Gasteiger partial charge < -0.3 is 14.8 Å². The first kappa shape index (κ1) is 12.7. The van der Waals surface area contributed by atoms with Gasteiger partial charge in [0, 0.05) is 11.8 Å². The summed E-state index contributed by atoms with van der Waals surface area (Å²) in [6.07, 6.45) is -0.0346. The van der Waals surface area contributed by atoms with Crippen molar-refractivity contribution in [3.8, 4) is 0 Å². The molecular weight excluding hydrogens is 232 g/mol. The predicted octanol–water partition coefficient (Wildman–Crippen LogP) is -0.430. The minimum Gasteiger partial charge on any atom is -0.469 e. The number of aromatic nitrogens is 2. The molecular formula is C9H12N2O4S. The Labute approximate surface area is 96.0 Å². The van der Waals surface area contributed by atoms with Crippen molar-refractivity contribution in [2.45, 2.75) is 11.6 Å². The molecule has 1 rings (SSSR count). The highest BCUT2D eigenvalue weighted by atomic mass is 32.2. The lowest BCUT2D eigenvalue weighted by molar-refractivity contribution is -0.139. The van der Waals surface area contributed by atoms with Crippen LogP contribution in [0.4, 0.5) is 0 Å². The van der Waals surface area contributed by atoms with Crippen LogP contribution in [-0.2, 0) is 16.0 Å². The number of rotatable bonds is 5. The molecule has 0 atom stereocenters. The zero-order valence-corrected chi connectivity index (χ0v) is 9.54. The lowest BCUT2D eigenvalue weighted by Gasteiger charge is -2.02. The van der Waals surface area contributed by atoms with Crippen molar-refractivity contribution in [3.63, 3.8) is 0 Å². The number of carbonyl (C=O) groups is 1. The first-order chi connectivity index (χ1) is 7.65. The Balaban J connectivity index is 2.81. The number of carbonyl (C=O) groups excluding carboxylic acids is 1. The van der Waals surface area contributed by atoms with E-state index in [2.05, 4.69) is 14.7 Å². The quantitative estimate of drug-likeness (QED) is 0.415. The molecule has 0 aliphatic rings. The first-order valence-electron chi connectivity index (χ1n) is 4.56. The van der Waals surface area contributed by atoms with Crippen molar-refractivity contribution >= 4 is 17.7 Å². The molecule has 1 heterocycles. The Bertz CT molecular complexity index is 418. The highest BCUT2D eigenvalue weighted by Crippen LogP contribution is 2.10. The van der Waals surface area contributed by atoms with Gasteiger partial charge in [-0.2, -0.15) is 0 Å². The largest absolute Gasteiger partial charge is 0.469 e. The van der Waals surface area contributed by atoms with Gasteiger partial charge in [0.1, 0.15) is 0 Å². The Morgan fingerprint density at radius 2 is 2.44 bits per heavy atom. The third-order valence-corrected chi connectivity index (χ3v) is 2.51. The van der Waals surface area contributed by atoms with Crippen LogP contribution in [0, 0.1) is 0 Å². The number of hydrogen-bond donors (Lipinski definition) is 2. The molecule has 1 aromatic heterocycles. The van der Waals surface area contributed by atoms with Crippen molar-refractivity contribution < 1.29 is 14.6 Å². The molecule has 0 saturated carbocycles. The summed E-state index contributed by atoms with van der Waals surface area (Å²) in [7, 11) is 1.27. The molecule has 2 N–H and O–H groups in total. The lowest BCUT2D eigenvalue weighted by atomic mass is 10.3. The molecule has 0 radical (unpaired) electrons. The van der Waals surface area contributed by atoms with Crippen molar-refractivity contribution in [2.24, 2.45) is 0 Å². The van der Waals surface area contributed by atoms with Gasteiger partial charge in [0.2, 0.25) is 0 Å². The fourth-order valence-electron chi connectivity index (χ4n) is 1.00. The summed E-state index contributed by atoms with van der Waals surface area (Å²) >= 11 is 1.21. The third kappa shape index (κ3) is 4.03. The fourth-order valence-corrected chi connectivity index (χ4v) is 1.64. The maximum absolute atomic E-state index is 11.2. The number of aliphatic hydroxyl groups excluding tert-OH is 1. The van der Waals surface area contributed by atoms with Crippen LogP contribution < -0.4 is 5.56 Å². The summed E-state index contributed by atoms with van der Waals surface area (Å²) in [5.74, 6) is -0.0128. The van der Waals surface area contributed by atoms with Gasteiger partial charge in [0.25, 0.3) is 5.56 Å². The number of H-pyrrole nitrogens is 1. The lowest BCUT2D eigenvalue weighted by Crippen LogP contribution is -2.14. The zero-order chi connectivity index (χ0) is 12.0. The second-order valence-corrected chi connectivity index (χ2v) is 3.95. The number of esters is 1. The number of aliphatic hydroxyl groups is 1. The fraction of sp³-hybridized carbons (Fsp3) is 0.444. The Morgan fingerprint density at radius 3 is 3.06 bits per heavy atom. The van der Waals surface area contributed by atoms with Crippen LogP contribution in [0.25, 0.3) is 0 Å². The van der Waals surface area contributed by atoms with Crippen LogP contribution in [0.3, 0.4) is 0 Å². The molecule has 16 heavy (non-hydrogen) atoms. The molecule has 1 aromatic rings. The molecule has 0 aliphatic carbocycles. The minimum atomic E-state index is -0.448. The maximum atomic E-state index is 11.2. The van der Waals surface area contributed by atoms with Gasteiger partial charge >= 0.3 is 5.97 Å². The van der Waals surface area contributed by atoms with Crippen molar-refractivity contribution in [2.75, 3.05) is 19.5 Å². The van der Waals surface area contributed by atoms with Gasteiger partial charge in [-0.25, -0.2) is 4.98 Å². The number of thioether (sulfide) groups is 1. The maximum Gasteiger partial charge on any atom is 0.311 e. The molecule has 7 heteroatoms. The number of nitrogens with zero attached hydrogens (tertiary/aromatic N) is 1. The van der Waals surface area contributed by atoms with Gasteiger partial charge in [0.05, 0.1) is 25.8 Å². The second kappa shape index (κ2) is 6.29. The van der Waals surface area contributed by atoms with Gasteiger partial charge in [-0.1, -0.05) is 11.8 Å². The van der Waals surface area contributed by atoms with E-state index in [9.17, 15) is 9.59 Å². The van der Waals surface area contributed by atoms with Crippen LogP contribution in [-0.4, -0.2) is 40.5 Å². The highest BCUT2D eigenvalue weighted by molar-refractivity contribution is 7.99. The number of ether oxygens (including phenoxy) is 1. The van der Waals surface area contributed by atoms with E-state index in [0.29, 0.717) is 16.6 Å². The van der Waals surface area contributed by atoms with Crippen molar-refractivity contribution in [1.29, 1.82) is 0 Å². The average molecular weight is 244 g/mol. The SMILES string of the molecule is COC(=O)Cc1cc(=O)[nH]c(SCCO)n1. The first-order valence-corrected chi connectivity index (χ1v) is 5.55. The number of nitrogens with one attached hydrogen (secondary N) is 1. The summed E-state index contributed by atoms with van der Waals surface area (Å²) in [5, 5.41) is 9.02. The number of aromatic amines is 1. The molecule has 0 fully saturated rings. The average Bonchev–Trinajstić information content (AvgIpc) is 2.25. The van der Waals surface area contributed by atoms with Crippen molar-refractivity contribution in [3.05, 3.63) is 22.1 Å². The summed E-state index contributed by atoms with van der Waals surface area (Å²) in [6, 6.07) is 1.25. The smallest absolute Gasteiger partial charge is 0.311 e. The van der Waals surface area contributed by atoms with Crippen LogP contribution >= 0.6 is 11.8 Å². The second-order valence-electron chi connectivity index (χ2n) is 2.87. The standard InChI is InChI=1S/C9H12N2O4S/c1-15-8(14)5-6-4-7(13)11-9(10-6)16-3-2-12/h4,12H,2-3,5H2,1H3,(H,10,11,13). The molecule has 0 aliphatic heterocycles. The monoisotopic (exact) mass is 244 g/mol. The van der Waals surface area contributed by atoms with Gasteiger partial charge in [-0.05, 0) is 0 Å². The van der Waals surface area contributed by atoms with Crippen LogP contribution in [0.5, 0.6) is 0 Å². The van der Waals surface area contributed by atoms with Crippen LogP contribution in [0.1, 0.15) is 5.69 Å². The molecule has 0 spiro atoms. The Morgan fingerprint density at radius 1 is 1.69 bits per heavy atom. The topological polar surface area (TPSA) is 92.3 Å². The summed E-state index contributed by atoms with van der Waals surface area (Å²) in [4.78, 5) is 28.8. The Kier molecular flexibility index (Phi) is 5.00. The summed E-state index contributed by atoms with van der Waals surface area (Å²) in [6.45, 7) is -0.00436. The van der Waals surface area contributed by atoms with Gasteiger partial charge in [0.15, 0.2) is 5.16 Å².